The molecule has 0 aliphatic carbocycles. The minimum atomic E-state index is 0.474. The fourth-order valence-corrected chi connectivity index (χ4v) is 4.66. The minimum Gasteiger partial charge on any atom is -0.397 e. The lowest BCUT2D eigenvalue weighted by molar-refractivity contribution is 0.0928. The van der Waals surface area contributed by atoms with Crippen LogP contribution in [0.1, 0.15) is 32.6 Å². The smallest absolute Gasteiger partial charge is 0.148 e. The van der Waals surface area contributed by atoms with Crippen molar-refractivity contribution in [1.29, 1.82) is 0 Å². The van der Waals surface area contributed by atoms with Gasteiger partial charge in [0.15, 0.2) is 0 Å². The summed E-state index contributed by atoms with van der Waals surface area (Å²) in [5.74, 6) is 0.835. The maximum absolute atomic E-state index is 5.37. The van der Waals surface area contributed by atoms with Crippen molar-refractivity contribution in [2.75, 3.05) is 19.0 Å². The van der Waals surface area contributed by atoms with Crippen LogP contribution in [0.15, 0.2) is 42.7 Å². The molecule has 0 spiro atoms. The molecule has 5 heterocycles. The van der Waals surface area contributed by atoms with Crippen LogP contribution in [0, 0.1) is 0 Å². The van der Waals surface area contributed by atoms with Crippen molar-refractivity contribution in [3.05, 3.63) is 42.7 Å². The molecule has 0 radical (unpaired) electrons. The van der Waals surface area contributed by atoms with Crippen molar-refractivity contribution in [3.63, 3.8) is 0 Å². The van der Waals surface area contributed by atoms with Gasteiger partial charge in [0.1, 0.15) is 18.1 Å². The molecular weight excluding hydrogens is 378 g/mol. The van der Waals surface area contributed by atoms with E-state index in [1.54, 1.807) is 6.20 Å². The van der Waals surface area contributed by atoms with Crippen LogP contribution in [-0.4, -0.2) is 61.8 Å². The summed E-state index contributed by atoms with van der Waals surface area (Å²) in [7, 11) is 2.26. The molecule has 3 aromatic heterocycles. The highest BCUT2D eigenvalue weighted by molar-refractivity contribution is 5.63. The van der Waals surface area contributed by atoms with Gasteiger partial charge in [0.05, 0.1) is 23.8 Å². The summed E-state index contributed by atoms with van der Waals surface area (Å²) in [4.78, 5) is 14.1. The summed E-state index contributed by atoms with van der Waals surface area (Å²) >= 11 is 0. The lowest BCUT2D eigenvalue weighted by Gasteiger charge is -2.36. The molecule has 0 aromatic carbocycles. The van der Waals surface area contributed by atoms with Crippen LogP contribution < -0.4 is 10.2 Å². The molecule has 2 atom stereocenters. The van der Waals surface area contributed by atoms with Gasteiger partial charge in [-0.1, -0.05) is 6.07 Å². The Labute approximate surface area is 176 Å². The van der Waals surface area contributed by atoms with E-state index in [4.69, 9.17) is 9.82 Å². The third kappa shape index (κ3) is 3.75. The normalized spacial score (nSPS) is 23.5. The predicted molar refractivity (Wildman–Crippen MR) is 115 cm³/mol. The Morgan fingerprint density at radius 2 is 1.83 bits per heavy atom. The summed E-state index contributed by atoms with van der Waals surface area (Å²) < 4.78 is 0. The van der Waals surface area contributed by atoms with Crippen LogP contribution in [0.4, 0.5) is 5.82 Å². The van der Waals surface area contributed by atoms with Crippen molar-refractivity contribution in [2.45, 2.75) is 50.7 Å². The van der Waals surface area contributed by atoms with Crippen molar-refractivity contribution in [1.82, 2.24) is 30.0 Å². The zero-order valence-electron chi connectivity index (χ0n) is 17.4. The third-order valence-corrected chi connectivity index (χ3v) is 6.24. The van der Waals surface area contributed by atoms with E-state index in [9.17, 15) is 0 Å². The highest BCUT2D eigenvalue weighted by Crippen LogP contribution is 2.35. The first-order valence-electron chi connectivity index (χ1n) is 10.7. The second-order valence-electron chi connectivity index (χ2n) is 8.12. The van der Waals surface area contributed by atoms with Crippen molar-refractivity contribution >= 4 is 5.82 Å². The molecular formula is C22H27N7O. The molecule has 2 bridgehead atoms. The van der Waals surface area contributed by atoms with E-state index in [0.717, 1.165) is 28.5 Å². The maximum atomic E-state index is 5.37. The largest absolute Gasteiger partial charge is 0.397 e. The molecule has 2 fully saturated rings. The second-order valence-corrected chi connectivity index (χ2v) is 8.12. The Morgan fingerprint density at radius 3 is 2.57 bits per heavy atom. The standard InChI is InChI=1S/C22H27N7O/c1-3-30-29-14-15(13-23-29)19-5-4-6-20(25-19)21-9-10-22(27-26-21)24-16-11-17-7-8-18(12-16)28(17)2/h4-6,9-10,13-14,16-18H,3,7-8,11-12H2,1-2H3,(H,24,27). The fraction of sp³-hybridized carbons (Fsp3) is 0.455. The Morgan fingerprint density at radius 1 is 1.03 bits per heavy atom. The number of aromatic nitrogens is 5. The topological polar surface area (TPSA) is 81.0 Å². The van der Waals surface area contributed by atoms with Gasteiger partial charge in [0.2, 0.25) is 0 Å². The van der Waals surface area contributed by atoms with Crippen LogP contribution in [0.3, 0.4) is 0 Å². The van der Waals surface area contributed by atoms with Crippen molar-refractivity contribution in [2.24, 2.45) is 0 Å². The molecule has 2 unspecified atom stereocenters. The average molecular weight is 406 g/mol. The summed E-state index contributed by atoms with van der Waals surface area (Å²) in [5.41, 5.74) is 3.26. The van der Waals surface area contributed by atoms with Gasteiger partial charge in [-0.3, -0.25) is 0 Å². The first-order chi connectivity index (χ1) is 14.7. The van der Waals surface area contributed by atoms with Crippen molar-refractivity contribution in [3.8, 4) is 22.6 Å². The quantitative estimate of drug-likeness (QED) is 0.675. The molecule has 30 heavy (non-hydrogen) atoms. The van der Waals surface area contributed by atoms with Gasteiger partial charge < -0.3 is 15.1 Å². The monoisotopic (exact) mass is 405 g/mol. The lowest BCUT2D eigenvalue weighted by atomic mass is 9.98. The molecule has 2 aliphatic heterocycles. The van der Waals surface area contributed by atoms with Crippen LogP contribution in [0.2, 0.25) is 0 Å². The van der Waals surface area contributed by atoms with Gasteiger partial charge >= 0.3 is 0 Å². The molecule has 1 N–H and O–H groups in total. The van der Waals surface area contributed by atoms with E-state index >= 15 is 0 Å². The molecule has 0 saturated carbocycles. The van der Waals surface area contributed by atoms with E-state index in [-0.39, 0.29) is 0 Å². The van der Waals surface area contributed by atoms with Crippen LogP contribution in [0.25, 0.3) is 22.6 Å². The summed E-state index contributed by atoms with van der Waals surface area (Å²) in [6, 6.07) is 11.7. The van der Waals surface area contributed by atoms with Crippen molar-refractivity contribution < 1.29 is 4.84 Å². The molecule has 8 nitrogen and oxygen atoms in total. The SMILES string of the molecule is CCOn1cc(-c2cccc(-c3ccc(NC4CC5CCC(C4)N5C)nn3)n2)cn1. The number of anilines is 1. The minimum absolute atomic E-state index is 0.474. The zero-order chi connectivity index (χ0) is 20.5. The van der Waals surface area contributed by atoms with E-state index in [1.807, 2.05) is 43.5 Å². The predicted octanol–water partition coefficient (Wildman–Crippen LogP) is 2.89. The molecule has 2 saturated heterocycles. The number of hydrogen-bond donors (Lipinski definition) is 1. The molecule has 8 heteroatoms. The first-order valence-corrected chi connectivity index (χ1v) is 10.7. The fourth-order valence-electron chi connectivity index (χ4n) is 4.66. The number of rotatable bonds is 6. The van der Waals surface area contributed by atoms with Gasteiger partial charge in [0.25, 0.3) is 0 Å². The van der Waals surface area contributed by atoms with E-state index < -0.39 is 0 Å². The molecule has 3 aromatic rings. The molecule has 5 rings (SSSR count). The van der Waals surface area contributed by atoms with Gasteiger partial charge in [-0.05, 0) is 63.9 Å². The first kappa shape index (κ1) is 19.0. The average Bonchev–Trinajstić information content (AvgIpc) is 3.30. The Kier molecular flexibility index (Phi) is 5.08. The van der Waals surface area contributed by atoms with Gasteiger partial charge in [-0.2, -0.15) is 0 Å². The Balaban J connectivity index is 1.28. The summed E-state index contributed by atoms with van der Waals surface area (Å²) in [6.45, 7) is 2.48. The number of hydrogen-bond acceptors (Lipinski definition) is 7. The van der Waals surface area contributed by atoms with Gasteiger partial charge in [0, 0.05) is 23.7 Å². The highest BCUT2D eigenvalue weighted by Gasteiger charge is 2.38. The Bertz CT molecular complexity index is 989. The number of nitrogens with zero attached hydrogens (tertiary/aromatic N) is 6. The molecule has 2 aliphatic rings. The highest BCUT2D eigenvalue weighted by atomic mass is 16.7. The van der Waals surface area contributed by atoms with E-state index in [0.29, 0.717) is 24.7 Å². The van der Waals surface area contributed by atoms with Gasteiger partial charge in [-0.15, -0.1) is 20.1 Å². The van der Waals surface area contributed by atoms with Crippen LogP contribution in [0.5, 0.6) is 0 Å². The van der Waals surface area contributed by atoms with Gasteiger partial charge in [-0.25, -0.2) is 4.98 Å². The molecule has 156 valence electrons. The number of fused-ring (bicyclic) bond motifs is 2. The lowest BCUT2D eigenvalue weighted by Crippen LogP contribution is -2.44. The maximum Gasteiger partial charge on any atom is 0.148 e. The van der Waals surface area contributed by atoms with E-state index in [1.165, 1.54) is 30.5 Å². The van der Waals surface area contributed by atoms with Crippen LogP contribution in [-0.2, 0) is 0 Å². The number of pyridine rings is 1. The molecule has 0 amide bonds. The Hall–Kier alpha value is -3.00. The van der Waals surface area contributed by atoms with E-state index in [2.05, 4.69) is 32.6 Å². The summed E-state index contributed by atoms with van der Waals surface area (Å²) in [6.07, 6.45) is 8.55. The second kappa shape index (κ2) is 8.02. The number of piperidine rings is 1. The zero-order valence-corrected chi connectivity index (χ0v) is 17.4. The van der Waals surface area contributed by atoms with Crippen LogP contribution >= 0.6 is 0 Å². The number of nitrogens with one attached hydrogen (secondary N) is 1. The summed E-state index contributed by atoms with van der Waals surface area (Å²) in [5, 5.41) is 16.6. The third-order valence-electron chi connectivity index (χ3n) is 6.24.